The molecule has 2 unspecified atom stereocenters. The summed E-state index contributed by atoms with van der Waals surface area (Å²) in [6.45, 7) is 8.16. The van der Waals surface area contributed by atoms with Gasteiger partial charge in [0.1, 0.15) is 11.4 Å². The van der Waals surface area contributed by atoms with Crippen molar-refractivity contribution in [2.75, 3.05) is 6.54 Å². The monoisotopic (exact) mass is 560 g/mol. The van der Waals surface area contributed by atoms with Gasteiger partial charge in [-0.05, 0) is 71.1 Å². The SMILES string of the molecule is CCN(C(=O)c1nc2cc(OC(F)(F)F)ccc2[nH]1)C1CCCC(N(Cc2ccccc2)C(=O)OC(C)(C)C)C1. The fraction of sp³-hybridized carbons (Fsp3) is 0.483. The first kappa shape index (κ1) is 29.2. The molecule has 1 heterocycles. The molecule has 0 spiro atoms. The molecule has 0 aliphatic heterocycles. The van der Waals surface area contributed by atoms with Crippen LogP contribution in [0.5, 0.6) is 5.75 Å². The molecular weight excluding hydrogens is 525 g/mol. The van der Waals surface area contributed by atoms with Gasteiger partial charge in [0.25, 0.3) is 5.91 Å². The van der Waals surface area contributed by atoms with E-state index in [0.29, 0.717) is 25.0 Å². The van der Waals surface area contributed by atoms with E-state index in [9.17, 15) is 22.8 Å². The van der Waals surface area contributed by atoms with E-state index in [0.717, 1.165) is 30.9 Å². The molecule has 1 saturated carbocycles. The number of carbonyl (C=O) groups excluding carboxylic acids is 2. The number of benzene rings is 2. The highest BCUT2D eigenvalue weighted by Crippen LogP contribution is 2.31. The largest absolute Gasteiger partial charge is 0.573 e. The van der Waals surface area contributed by atoms with Crippen LogP contribution >= 0.6 is 0 Å². The van der Waals surface area contributed by atoms with Gasteiger partial charge in [0.15, 0.2) is 5.82 Å². The number of fused-ring (bicyclic) bond motifs is 1. The minimum atomic E-state index is -4.83. The number of hydrogen-bond donors (Lipinski definition) is 1. The van der Waals surface area contributed by atoms with E-state index < -0.39 is 23.8 Å². The second-order valence-corrected chi connectivity index (χ2v) is 11.0. The predicted octanol–water partition coefficient (Wildman–Crippen LogP) is 6.67. The lowest BCUT2D eigenvalue weighted by Gasteiger charge is -2.41. The molecule has 1 aromatic heterocycles. The summed E-state index contributed by atoms with van der Waals surface area (Å²) in [5.41, 5.74) is 0.948. The van der Waals surface area contributed by atoms with Gasteiger partial charge in [-0.3, -0.25) is 4.79 Å². The van der Waals surface area contributed by atoms with E-state index in [1.54, 1.807) is 9.80 Å². The molecule has 1 aliphatic rings. The van der Waals surface area contributed by atoms with Crippen molar-refractivity contribution in [3.63, 3.8) is 0 Å². The third-order valence-corrected chi connectivity index (χ3v) is 6.82. The second kappa shape index (κ2) is 11.8. The number of rotatable bonds is 7. The molecule has 1 N–H and O–H groups in total. The van der Waals surface area contributed by atoms with Crippen LogP contribution in [-0.4, -0.2) is 62.4 Å². The van der Waals surface area contributed by atoms with Crippen molar-refractivity contribution < 1.29 is 32.2 Å². The van der Waals surface area contributed by atoms with Crippen LogP contribution in [0.2, 0.25) is 0 Å². The van der Waals surface area contributed by atoms with E-state index in [2.05, 4.69) is 14.7 Å². The summed E-state index contributed by atoms with van der Waals surface area (Å²) in [7, 11) is 0. The molecule has 216 valence electrons. The summed E-state index contributed by atoms with van der Waals surface area (Å²) < 4.78 is 47.6. The van der Waals surface area contributed by atoms with Crippen molar-refractivity contribution in [3.8, 4) is 5.75 Å². The van der Waals surface area contributed by atoms with Crippen molar-refractivity contribution in [2.24, 2.45) is 0 Å². The first-order valence-corrected chi connectivity index (χ1v) is 13.4. The number of aromatic nitrogens is 2. The smallest absolute Gasteiger partial charge is 0.444 e. The third kappa shape index (κ3) is 7.45. The third-order valence-electron chi connectivity index (χ3n) is 6.82. The number of hydrogen-bond acceptors (Lipinski definition) is 5. The number of nitrogens with zero attached hydrogens (tertiary/aromatic N) is 3. The van der Waals surface area contributed by atoms with Crippen LogP contribution in [0.1, 0.15) is 69.6 Å². The van der Waals surface area contributed by atoms with E-state index in [1.165, 1.54) is 12.1 Å². The Morgan fingerprint density at radius 3 is 2.33 bits per heavy atom. The van der Waals surface area contributed by atoms with Crippen molar-refractivity contribution in [3.05, 3.63) is 59.9 Å². The topological polar surface area (TPSA) is 87.8 Å². The average Bonchev–Trinajstić information content (AvgIpc) is 3.30. The van der Waals surface area contributed by atoms with Gasteiger partial charge in [0.2, 0.25) is 0 Å². The van der Waals surface area contributed by atoms with Gasteiger partial charge in [0.05, 0.1) is 11.0 Å². The van der Waals surface area contributed by atoms with Crippen LogP contribution in [0.15, 0.2) is 48.5 Å². The Hall–Kier alpha value is -3.76. The Labute approximate surface area is 231 Å². The molecule has 0 bridgehead atoms. The van der Waals surface area contributed by atoms with E-state index in [4.69, 9.17) is 4.74 Å². The molecule has 11 heteroatoms. The van der Waals surface area contributed by atoms with Crippen molar-refractivity contribution in [1.29, 1.82) is 0 Å². The Morgan fingerprint density at radius 2 is 1.70 bits per heavy atom. The maximum Gasteiger partial charge on any atom is 0.573 e. The zero-order chi connectivity index (χ0) is 29.1. The number of aromatic amines is 1. The molecule has 0 saturated heterocycles. The van der Waals surface area contributed by atoms with Gasteiger partial charge in [0, 0.05) is 31.2 Å². The number of alkyl halides is 3. The number of H-pyrrole nitrogens is 1. The zero-order valence-corrected chi connectivity index (χ0v) is 23.1. The van der Waals surface area contributed by atoms with Crippen molar-refractivity contribution in [1.82, 2.24) is 19.8 Å². The van der Waals surface area contributed by atoms with Crippen LogP contribution in [-0.2, 0) is 11.3 Å². The van der Waals surface area contributed by atoms with Gasteiger partial charge in [-0.2, -0.15) is 0 Å². The van der Waals surface area contributed by atoms with Gasteiger partial charge in [-0.15, -0.1) is 13.2 Å². The maximum atomic E-state index is 13.6. The van der Waals surface area contributed by atoms with Gasteiger partial charge >= 0.3 is 12.5 Å². The van der Waals surface area contributed by atoms with Crippen LogP contribution in [0.4, 0.5) is 18.0 Å². The molecule has 2 amide bonds. The molecule has 4 rings (SSSR count). The lowest BCUT2D eigenvalue weighted by atomic mass is 9.88. The minimum Gasteiger partial charge on any atom is -0.444 e. The highest BCUT2D eigenvalue weighted by atomic mass is 19.4. The summed E-state index contributed by atoms with van der Waals surface area (Å²) in [6, 6.07) is 13.1. The molecule has 2 aromatic carbocycles. The summed E-state index contributed by atoms with van der Waals surface area (Å²) in [4.78, 5) is 37.5. The summed E-state index contributed by atoms with van der Waals surface area (Å²) >= 11 is 0. The highest BCUT2D eigenvalue weighted by Gasteiger charge is 2.36. The normalized spacial score (nSPS) is 17.9. The van der Waals surface area contributed by atoms with Crippen LogP contribution in [0.3, 0.4) is 0 Å². The number of imidazole rings is 1. The average molecular weight is 561 g/mol. The number of nitrogens with one attached hydrogen (secondary N) is 1. The lowest BCUT2D eigenvalue weighted by molar-refractivity contribution is -0.274. The van der Waals surface area contributed by atoms with Crippen LogP contribution in [0.25, 0.3) is 11.0 Å². The standard InChI is InChI=1S/C29H35F3N4O4/c1-5-35(26(37)25-33-23-15-14-22(17-24(23)34-25)39-29(30,31)32)20-12-9-13-21(16-20)36(27(38)40-28(2,3)4)18-19-10-7-6-8-11-19/h6-8,10-11,14-15,17,20-21H,5,9,12-13,16,18H2,1-4H3,(H,33,34). The maximum absolute atomic E-state index is 13.6. The molecule has 3 aromatic rings. The molecule has 8 nitrogen and oxygen atoms in total. The Bertz CT molecular complexity index is 1320. The number of carbonyl (C=O) groups is 2. The first-order chi connectivity index (χ1) is 18.8. The highest BCUT2D eigenvalue weighted by molar-refractivity contribution is 5.94. The Morgan fingerprint density at radius 1 is 1.02 bits per heavy atom. The quantitative estimate of drug-likeness (QED) is 0.349. The van der Waals surface area contributed by atoms with E-state index in [-0.39, 0.29) is 29.3 Å². The molecular formula is C29H35F3N4O4. The van der Waals surface area contributed by atoms with Crippen LogP contribution < -0.4 is 4.74 Å². The molecule has 1 fully saturated rings. The molecule has 40 heavy (non-hydrogen) atoms. The first-order valence-electron chi connectivity index (χ1n) is 13.4. The second-order valence-electron chi connectivity index (χ2n) is 11.0. The molecule has 2 atom stereocenters. The number of ether oxygens (including phenoxy) is 2. The summed E-state index contributed by atoms with van der Waals surface area (Å²) in [5, 5.41) is 0. The van der Waals surface area contributed by atoms with Gasteiger partial charge in [-0.1, -0.05) is 30.3 Å². The minimum absolute atomic E-state index is 0.0383. The molecule has 1 aliphatic carbocycles. The van der Waals surface area contributed by atoms with Gasteiger partial charge in [-0.25, -0.2) is 9.78 Å². The van der Waals surface area contributed by atoms with Crippen molar-refractivity contribution >= 4 is 23.0 Å². The zero-order valence-electron chi connectivity index (χ0n) is 23.1. The van der Waals surface area contributed by atoms with Crippen LogP contribution in [0, 0.1) is 0 Å². The summed E-state index contributed by atoms with van der Waals surface area (Å²) in [5.74, 6) is -0.723. The van der Waals surface area contributed by atoms with Crippen molar-refractivity contribution in [2.45, 2.75) is 84.0 Å². The fourth-order valence-electron chi connectivity index (χ4n) is 5.14. The fourth-order valence-corrected chi connectivity index (χ4v) is 5.14. The molecule has 0 radical (unpaired) electrons. The Kier molecular flexibility index (Phi) is 8.60. The summed E-state index contributed by atoms with van der Waals surface area (Å²) in [6.07, 6.45) is -2.31. The predicted molar refractivity (Wildman–Crippen MR) is 144 cm³/mol. The number of amides is 2. The van der Waals surface area contributed by atoms with Gasteiger partial charge < -0.3 is 24.3 Å². The van der Waals surface area contributed by atoms with E-state index in [1.807, 2.05) is 58.0 Å². The Balaban J connectivity index is 1.54. The number of halogens is 3. The van der Waals surface area contributed by atoms with E-state index >= 15 is 0 Å². The lowest BCUT2D eigenvalue weighted by Crippen LogP contribution is -2.50.